The van der Waals surface area contributed by atoms with E-state index in [1.165, 1.54) is 0 Å². The van der Waals surface area contributed by atoms with Crippen molar-refractivity contribution in [2.45, 2.75) is 166 Å². The van der Waals surface area contributed by atoms with Crippen molar-refractivity contribution in [1.82, 2.24) is 0 Å². The molecule has 0 unspecified atom stereocenters. The molecule has 0 aromatic rings. The molecule has 7 aliphatic rings. The lowest BCUT2D eigenvalue weighted by Crippen LogP contribution is -2.63. The Labute approximate surface area is 273 Å². The van der Waals surface area contributed by atoms with Gasteiger partial charge in [0, 0.05) is 23.7 Å². The smallest absolute Gasteiger partial charge is 0.186 e. The number of aliphatic hydroxyl groups excluding tert-OH is 5. The molecule has 0 radical (unpaired) electrons. The van der Waals surface area contributed by atoms with Gasteiger partial charge in [0.15, 0.2) is 6.29 Å². The molecule has 7 rings (SSSR count). The van der Waals surface area contributed by atoms with E-state index in [2.05, 4.69) is 34.6 Å². The number of ketones is 1. The van der Waals surface area contributed by atoms with Gasteiger partial charge in [-0.05, 0) is 99.7 Å². The maximum absolute atomic E-state index is 14.5. The molecule has 2 saturated heterocycles. The summed E-state index contributed by atoms with van der Waals surface area (Å²) in [5.41, 5.74) is -2.66. The topological polar surface area (TPSA) is 166 Å². The summed E-state index contributed by atoms with van der Waals surface area (Å²) in [6.07, 6.45) is -0.850. The fourth-order valence-corrected chi connectivity index (χ4v) is 13.4. The van der Waals surface area contributed by atoms with Gasteiger partial charge in [0.2, 0.25) is 0 Å². The Morgan fingerprint density at radius 1 is 0.891 bits per heavy atom. The molecule has 7 fully saturated rings. The largest absolute Gasteiger partial charge is 0.394 e. The van der Waals surface area contributed by atoms with Gasteiger partial charge in [-0.2, -0.15) is 0 Å². The summed E-state index contributed by atoms with van der Waals surface area (Å²) in [7, 11) is 0. The highest BCUT2D eigenvalue weighted by Gasteiger charge is 2.85. The van der Waals surface area contributed by atoms with Gasteiger partial charge in [0.1, 0.15) is 30.2 Å². The van der Waals surface area contributed by atoms with E-state index in [0.717, 1.165) is 38.5 Å². The highest BCUT2D eigenvalue weighted by Crippen LogP contribution is 2.88. The van der Waals surface area contributed by atoms with E-state index in [0.29, 0.717) is 19.3 Å². The summed E-state index contributed by atoms with van der Waals surface area (Å²) in [6, 6.07) is 0. The van der Waals surface area contributed by atoms with Crippen LogP contribution >= 0.6 is 0 Å². The van der Waals surface area contributed by atoms with Gasteiger partial charge >= 0.3 is 0 Å². The minimum atomic E-state index is -1.52. The summed E-state index contributed by atoms with van der Waals surface area (Å²) < 4.78 is 18.8. The van der Waals surface area contributed by atoms with Crippen molar-refractivity contribution in [2.75, 3.05) is 6.61 Å². The SMILES string of the molecule is CC(C)(O)[C@@H]1CC[C@](C)([C@H]2[C@@H](O)C[C@@]3(C)[C@@H]4CC(=O)[C@H]5C(C)(C)[C@@H](O[C@@H]6O[C@H](CO)[C@@H](O)[C@H](O)[C@H]6O)CC[C@@]56C[C@@]46CC[C@]23C)O1. The number of fused-ring (bicyclic) bond motifs is 2. The van der Waals surface area contributed by atoms with E-state index in [1.54, 1.807) is 13.8 Å². The number of Topliss-reactive ketones (excluding diaryl/α,β-unsaturated/α-hetero) is 1. The second-order valence-electron chi connectivity index (χ2n) is 18.5. The molecule has 5 aliphatic carbocycles. The van der Waals surface area contributed by atoms with Crippen LogP contribution in [0.15, 0.2) is 0 Å². The zero-order valence-electron chi connectivity index (χ0n) is 28.7. The van der Waals surface area contributed by atoms with Gasteiger partial charge < -0.3 is 44.8 Å². The first-order valence-corrected chi connectivity index (χ1v) is 17.8. The van der Waals surface area contributed by atoms with E-state index < -0.39 is 66.1 Å². The lowest BCUT2D eigenvalue weighted by molar-refractivity contribution is -0.325. The number of ether oxygens (including phenoxy) is 3. The van der Waals surface area contributed by atoms with Crippen LogP contribution in [0, 0.1) is 44.8 Å². The molecular formula is C36H58O10. The highest BCUT2D eigenvalue weighted by molar-refractivity contribution is 5.86. The average molecular weight is 651 g/mol. The van der Waals surface area contributed by atoms with Crippen molar-refractivity contribution in [2.24, 2.45) is 44.8 Å². The first kappa shape index (κ1) is 33.8. The van der Waals surface area contributed by atoms with E-state index in [-0.39, 0.29) is 51.3 Å². The fourth-order valence-electron chi connectivity index (χ4n) is 13.4. The Morgan fingerprint density at radius 2 is 1.59 bits per heavy atom. The maximum Gasteiger partial charge on any atom is 0.186 e. The molecule has 2 aliphatic heterocycles. The molecule has 262 valence electrons. The number of rotatable bonds is 5. The minimum Gasteiger partial charge on any atom is -0.394 e. The number of hydrogen-bond donors (Lipinski definition) is 6. The zero-order valence-corrected chi connectivity index (χ0v) is 28.7. The van der Waals surface area contributed by atoms with Crippen molar-refractivity contribution < 1.29 is 49.6 Å². The van der Waals surface area contributed by atoms with Crippen LogP contribution in [0.25, 0.3) is 0 Å². The Balaban J connectivity index is 1.15. The maximum atomic E-state index is 14.5. The molecule has 6 N–H and O–H groups in total. The lowest BCUT2D eigenvalue weighted by atomic mass is 9.41. The second kappa shape index (κ2) is 10.2. The predicted octanol–water partition coefficient (Wildman–Crippen LogP) is 2.47. The molecule has 0 aromatic carbocycles. The number of carbonyl (C=O) groups is 1. The van der Waals surface area contributed by atoms with Crippen LogP contribution in [0.1, 0.15) is 106 Å². The van der Waals surface area contributed by atoms with Crippen molar-refractivity contribution in [3.63, 3.8) is 0 Å². The van der Waals surface area contributed by atoms with Gasteiger partial charge in [-0.3, -0.25) is 4.79 Å². The third kappa shape index (κ3) is 4.17. The second-order valence-corrected chi connectivity index (χ2v) is 18.5. The van der Waals surface area contributed by atoms with E-state index in [4.69, 9.17) is 14.2 Å². The van der Waals surface area contributed by atoms with Gasteiger partial charge in [0.05, 0.1) is 36.1 Å². The predicted molar refractivity (Wildman–Crippen MR) is 166 cm³/mol. The van der Waals surface area contributed by atoms with E-state index in [9.17, 15) is 35.4 Å². The molecule has 2 spiro atoms. The molecule has 10 nitrogen and oxygen atoms in total. The first-order valence-electron chi connectivity index (χ1n) is 17.8. The molecule has 2 heterocycles. The quantitative estimate of drug-likeness (QED) is 0.244. The lowest BCUT2D eigenvalue weighted by Gasteiger charge is -2.63. The summed E-state index contributed by atoms with van der Waals surface area (Å²) in [5, 5.41) is 63.6. The summed E-state index contributed by atoms with van der Waals surface area (Å²) in [5.74, 6) is 0.101. The standard InChI is InChI=1S/C36H58O10/c1-30(2)22(45-29-26(42)25(41)24(40)20(16-37)44-29)9-11-36-17-35(36)13-12-32(5)28(34(7)10-8-23(46-34)31(3,4)43)19(39)15-33(32,6)21(35)14-18(38)27(30)36/h19-29,37,39-43H,8-17H2,1-7H3/t19-,20+,21-,22-,23-,24+,25-,26+,27-,28-,29-,32+,33-,34+,35-,36+/m0/s1. The third-order valence-electron chi connectivity index (χ3n) is 15.6. The highest BCUT2D eigenvalue weighted by atomic mass is 16.7. The normalized spacial score (nSPS) is 57.8. The minimum absolute atomic E-state index is 0.0207. The van der Waals surface area contributed by atoms with Crippen LogP contribution in [0.2, 0.25) is 0 Å². The fraction of sp³-hybridized carbons (Fsp3) is 0.972. The number of carbonyl (C=O) groups excluding carboxylic acids is 1. The Bertz CT molecular complexity index is 1250. The zero-order chi connectivity index (χ0) is 33.6. The Hall–Kier alpha value is -0.690. The van der Waals surface area contributed by atoms with Crippen LogP contribution < -0.4 is 0 Å². The molecule has 0 bridgehead atoms. The molecule has 0 aromatic heterocycles. The van der Waals surface area contributed by atoms with Crippen LogP contribution in [-0.4, -0.2) is 103 Å². The number of aliphatic hydroxyl groups is 6. The van der Waals surface area contributed by atoms with Crippen molar-refractivity contribution in [1.29, 1.82) is 0 Å². The van der Waals surface area contributed by atoms with E-state index >= 15 is 0 Å². The van der Waals surface area contributed by atoms with Crippen LogP contribution in [0.5, 0.6) is 0 Å². The van der Waals surface area contributed by atoms with Gasteiger partial charge in [-0.25, -0.2) is 0 Å². The van der Waals surface area contributed by atoms with Gasteiger partial charge in [0.25, 0.3) is 0 Å². The summed E-state index contributed by atoms with van der Waals surface area (Å²) in [6.45, 7) is 14.1. The van der Waals surface area contributed by atoms with E-state index in [1.807, 2.05) is 0 Å². The van der Waals surface area contributed by atoms with Crippen molar-refractivity contribution >= 4 is 5.78 Å². The van der Waals surface area contributed by atoms with Gasteiger partial charge in [-0.15, -0.1) is 0 Å². The monoisotopic (exact) mass is 650 g/mol. The molecule has 46 heavy (non-hydrogen) atoms. The first-order chi connectivity index (χ1) is 21.2. The van der Waals surface area contributed by atoms with Gasteiger partial charge in [-0.1, -0.05) is 27.7 Å². The van der Waals surface area contributed by atoms with Crippen molar-refractivity contribution in [3.05, 3.63) is 0 Å². The van der Waals surface area contributed by atoms with Crippen molar-refractivity contribution in [3.8, 4) is 0 Å². The molecule has 5 saturated carbocycles. The van der Waals surface area contributed by atoms with Crippen LogP contribution in [0.4, 0.5) is 0 Å². The Kier molecular flexibility index (Phi) is 7.49. The molecule has 0 amide bonds. The molecular weight excluding hydrogens is 592 g/mol. The summed E-state index contributed by atoms with van der Waals surface area (Å²) in [4.78, 5) is 14.5. The molecule has 10 heteroatoms. The molecule has 16 atom stereocenters. The van der Waals surface area contributed by atoms with Crippen LogP contribution in [-0.2, 0) is 19.0 Å². The summed E-state index contributed by atoms with van der Waals surface area (Å²) >= 11 is 0. The average Bonchev–Trinajstić information content (AvgIpc) is 3.31. The van der Waals surface area contributed by atoms with Crippen LogP contribution in [0.3, 0.4) is 0 Å². The number of hydrogen-bond acceptors (Lipinski definition) is 10. The Morgan fingerprint density at radius 3 is 2.22 bits per heavy atom. The third-order valence-corrected chi connectivity index (χ3v) is 15.6.